The number of nitrogens with zero attached hydrogens (tertiary/aromatic N) is 2. The lowest BCUT2D eigenvalue weighted by Gasteiger charge is -2.11. The highest BCUT2D eigenvalue weighted by Gasteiger charge is 2.00. The first kappa shape index (κ1) is 19.9. The van der Waals surface area contributed by atoms with Gasteiger partial charge in [-0.25, -0.2) is 4.98 Å². The van der Waals surface area contributed by atoms with Crippen LogP contribution < -0.4 is 10.6 Å². The summed E-state index contributed by atoms with van der Waals surface area (Å²) in [5.41, 5.74) is 1.12. The summed E-state index contributed by atoms with van der Waals surface area (Å²) < 4.78 is 10.3. The number of rotatable bonds is 12. The molecule has 0 amide bonds. The van der Waals surface area contributed by atoms with Gasteiger partial charge in [-0.2, -0.15) is 0 Å². The molecule has 2 N–H and O–H groups in total. The van der Waals surface area contributed by atoms with Crippen LogP contribution in [0.25, 0.3) is 0 Å². The average Bonchev–Trinajstić information content (AvgIpc) is 2.97. The summed E-state index contributed by atoms with van der Waals surface area (Å²) in [6, 6.07) is 0. The Bertz CT molecular complexity index is 437. The molecule has 132 valence electrons. The molecule has 6 nitrogen and oxygen atoms in total. The van der Waals surface area contributed by atoms with E-state index in [1.165, 1.54) is 5.01 Å². The van der Waals surface area contributed by atoms with Crippen LogP contribution in [-0.2, 0) is 15.9 Å². The number of aryl methyl sites for hydroxylation is 2. The van der Waals surface area contributed by atoms with Gasteiger partial charge in [-0.05, 0) is 32.6 Å². The Morgan fingerprint density at radius 1 is 1.17 bits per heavy atom. The van der Waals surface area contributed by atoms with Crippen LogP contribution in [-0.4, -0.2) is 58.0 Å². The van der Waals surface area contributed by atoms with E-state index < -0.39 is 0 Å². The average molecular weight is 343 g/mol. The predicted octanol–water partition coefficient (Wildman–Crippen LogP) is 1.99. The molecule has 0 aliphatic heterocycles. The van der Waals surface area contributed by atoms with E-state index in [2.05, 4.69) is 26.0 Å². The number of thiazole rings is 1. The Morgan fingerprint density at radius 2 is 1.96 bits per heavy atom. The summed E-state index contributed by atoms with van der Waals surface area (Å²) in [4.78, 5) is 8.70. The van der Waals surface area contributed by atoms with Crippen LogP contribution in [0.15, 0.2) is 10.4 Å². The maximum absolute atomic E-state index is 5.42. The highest BCUT2D eigenvalue weighted by Crippen LogP contribution is 2.11. The van der Waals surface area contributed by atoms with Crippen molar-refractivity contribution in [2.45, 2.75) is 32.6 Å². The molecule has 0 unspecified atom stereocenters. The summed E-state index contributed by atoms with van der Waals surface area (Å²) in [5.74, 6) is 0.854. The van der Waals surface area contributed by atoms with Crippen LogP contribution in [0, 0.1) is 6.92 Å². The van der Waals surface area contributed by atoms with Gasteiger partial charge < -0.3 is 20.1 Å². The molecule has 0 fully saturated rings. The molecule has 0 atom stereocenters. The summed E-state index contributed by atoms with van der Waals surface area (Å²) in [7, 11) is 3.47. The van der Waals surface area contributed by atoms with Gasteiger partial charge in [-0.1, -0.05) is 0 Å². The van der Waals surface area contributed by atoms with Gasteiger partial charge in [0.15, 0.2) is 5.96 Å². The van der Waals surface area contributed by atoms with Gasteiger partial charge in [0.05, 0.1) is 18.2 Å². The molecule has 0 saturated heterocycles. The monoisotopic (exact) mass is 342 g/mol. The first-order valence-electron chi connectivity index (χ1n) is 8.18. The number of hydrogen-bond acceptors (Lipinski definition) is 5. The minimum absolute atomic E-state index is 0.650. The van der Waals surface area contributed by atoms with Crippen molar-refractivity contribution in [1.82, 2.24) is 15.6 Å². The van der Waals surface area contributed by atoms with Gasteiger partial charge in [-0.15, -0.1) is 11.3 Å². The zero-order valence-corrected chi connectivity index (χ0v) is 15.4. The Hall–Kier alpha value is -1.18. The molecule has 1 heterocycles. The number of aliphatic imine (C=N–C) groups is 1. The molecular weight excluding hydrogens is 312 g/mol. The fraction of sp³-hybridized carbons (Fsp3) is 0.750. The summed E-state index contributed by atoms with van der Waals surface area (Å²) in [6.07, 6.45) is 4.27. The quantitative estimate of drug-likeness (QED) is 0.345. The molecule has 23 heavy (non-hydrogen) atoms. The van der Waals surface area contributed by atoms with E-state index in [0.717, 1.165) is 57.0 Å². The molecule has 1 aromatic rings. The van der Waals surface area contributed by atoms with Crippen molar-refractivity contribution in [3.05, 3.63) is 16.1 Å². The second-order valence-corrected chi connectivity index (χ2v) is 6.17. The maximum atomic E-state index is 5.42. The third-order valence-corrected chi connectivity index (χ3v) is 4.22. The molecule has 1 aromatic heterocycles. The second-order valence-electron chi connectivity index (χ2n) is 5.22. The summed E-state index contributed by atoms with van der Waals surface area (Å²) in [6.45, 7) is 5.86. The minimum atomic E-state index is 0.650. The van der Waals surface area contributed by atoms with Crippen LogP contribution in [0.3, 0.4) is 0 Å². The zero-order valence-electron chi connectivity index (χ0n) is 14.6. The molecule has 0 radical (unpaired) electrons. The number of guanidine groups is 1. The van der Waals surface area contributed by atoms with E-state index in [1.54, 1.807) is 25.5 Å². The Kier molecular flexibility index (Phi) is 11.5. The van der Waals surface area contributed by atoms with Gasteiger partial charge in [0.2, 0.25) is 0 Å². The maximum Gasteiger partial charge on any atom is 0.190 e. The molecule has 0 aliphatic carbocycles. The van der Waals surface area contributed by atoms with E-state index in [1.807, 2.05) is 6.92 Å². The van der Waals surface area contributed by atoms with E-state index >= 15 is 0 Å². The van der Waals surface area contributed by atoms with Crippen molar-refractivity contribution < 1.29 is 9.47 Å². The van der Waals surface area contributed by atoms with E-state index in [-0.39, 0.29) is 0 Å². The van der Waals surface area contributed by atoms with Crippen LogP contribution in [0.2, 0.25) is 0 Å². The Morgan fingerprint density at radius 3 is 2.61 bits per heavy atom. The van der Waals surface area contributed by atoms with Gasteiger partial charge in [0.25, 0.3) is 0 Å². The van der Waals surface area contributed by atoms with Crippen LogP contribution >= 0.6 is 11.3 Å². The second kappa shape index (κ2) is 13.3. The van der Waals surface area contributed by atoms with Crippen molar-refractivity contribution in [2.75, 3.05) is 47.1 Å². The number of aromatic nitrogens is 1. The van der Waals surface area contributed by atoms with Crippen molar-refractivity contribution in [2.24, 2.45) is 4.99 Å². The highest BCUT2D eigenvalue weighted by atomic mass is 32.1. The molecular formula is C16H30N4O2S. The van der Waals surface area contributed by atoms with Crippen LogP contribution in [0.1, 0.15) is 30.0 Å². The molecule has 0 saturated carbocycles. The van der Waals surface area contributed by atoms with Gasteiger partial charge in [0, 0.05) is 44.9 Å². The third kappa shape index (κ3) is 10.3. The normalized spacial score (nSPS) is 11.7. The molecule has 7 heteroatoms. The smallest absolute Gasteiger partial charge is 0.190 e. The summed E-state index contributed by atoms with van der Waals surface area (Å²) in [5, 5.41) is 9.97. The van der Waals surface area contributed by atoms with E-state index in [9.17, 15) is 0 Å². The number of hydrogen-bond donors (Lipinski definition) is 2. The van der Waals surface area contributed by atoms with E-state index in [0.29, 0.717) is 13.2 Å². The standard InChI is InChI=1S/C16H30N4O2S/c1-14-13-23-15(20-14)7-4-5-8-18-16(17-2)19-9-6-10-22-12-11-21-3/h13H,4-12H2,1-3H3,(H2,17,18,19). The third-order valence-electron chi connectivity index (χ3n) is 3.19. The highest BCUT2D eigenvalue weighted by molar-refractivity contribution is 7.09. The van der Waals surface area contributed by atoms with Crippen LogP contribution in [0.5, 0.6) is 0 Å². The van der Waals surface area contributed by atoms with E-state index in [4.69, 9.17) is 9.47 Å². The topological polar surface area (TPSA) is 67.8 Å². The Labute approximate surface area is 143 Å². The number of unbranched alkanes of at least 4 members (excludes halogenated alkanes) is 1. The SMILES string of the molecule is CN=C(NCCCCc1nc(C)cs1)NCCCOCCOC. The van der Waals surface area contributed by atoms with Crippen molar-refractivity contribution in [3.8, 4) is 0 Å². The molecule has 0 aliphatic rings. The zero-order chi connectivity index (χ0) is 16.8. The fourth-order valence-corrected chi connectivity index (χ4v) is 2.79. The first-order chi connectivity index (χ1) is 11.3. The number of nitrogens with one attached hydrogen (secondary N) is 2. The van der Waals surface area contributed by atoms with Gasteiger partial charge in [-0.3, -0.25) is 4.99 Å². The lowest BCUT2D eigenvalue weighted by Crippen LogP contribution is -2.38. The van der Waals surface area contributed by atoms with Gasteiger partial charge in [0.1, 0.15) is 0 Å². The van der Waals surface area contributed by atoms with Gasteiger partial charge >= 0.3 is 0 Å². The largest absolute Gasteiger partial charge is 0.382 e. The number of ether oxygens (including phenoxy) is 2. The fourth-order valence-electron chi connectivity index (χ4n) is 1.97. The van der Waals surface area contributed by atoms with Crippen molar-refractivity contribution in [3.63, 3.8) is 0 Å². The molecule has 0 aromatic carbocycles. The van der Waals surface area contributed by atoms with Crippen LogP contribution in [0.4, 0.5) is 0 Å². The Balaban J connectivity index is 1.97. The lowest BCUT2D eigenvalue weighted by atomic mass is 10.2. The lowest BCUT2D eigenvalue weighted by molar-refractivity contribution is 0.0698. The minimum Gasteiger partial charge on any atom is -0.382 e. The molecule has 1 rings (SSSR count). The van der Waals surface area contributed by atoms with Crippen molar-refractivity contribution >= 4 is 17.3 Å². The first-order valence-corrected chi connectivity index (χ1v) is 9.06. The molecule has 0 spiro atoms. The van der Waals surface area contributed by atoms with Crippen molar-refractivity contribution in [1.29, 1.82) is 0 Å². The number of methoxy groups -OCH3 is 1. The summed E-state index contributed by atoms with van der Waals surface area (Å²) >= 11 is 1.75. The predicted molar refractivity (Wildman–Crippen MR) is 96.5 cm³/mol. The molecule has 0 bridgehead atoms.